The van der Waals surface area contributed by atoms with E-state index >= 15 is 0 Å². The van der Waals surface area contributed by atoms with Crippen molar-refractivity contribution in [3.8, 4) is 5.75 Å². The zero-order chi connectivity index (χ0) is 30.5. The van der Waals surface area contributed by atoms with Gasteiger partial charge in [0, 0.05) is 18.4 Å². The second-order valence-electron chi connectivity index (χ2n) is 11.9. The Morgan fingerprint density at radius 3 is 2.26 bits per heavy atom. The van der Waals surface area contributed by atoms with Gasteiger partial charge in [0.2, 0.25) is 17.7 Å². The molecule has 3 N–H and O–H groups in total. The summed E-state index contributed by atoms with van der Waals surface area (Å²) in [6.45, 7) is 3.89. The maximum absolute atomic E-state index is 13.7. The molecule has 1 saturated carbocycles. The molecule has 2 aromatic carbocycles. The van der Waals surface area contributed by atoms with Gasteiger partial charge in [-0.25, -0.2) is 0 Å². The van der Waals surface area contributed by atoms with E-state index in [1.54, 1.807) is 26.2 Å². The van der Waals surface area contributed by atoms with E-state index in [1.165, 1.54) is 0 Å². The highest BCUT2D eigenvalue weighted by atomic mass is 16.6. The third-order valence-corrected chi connectivity index (χ3v) is 8.84. The summed E-state index contributed by atoms with van der Waals surface area (Å²) in [6.07, 6.45) is 5.12. The summed E-state index contributed by atoms with van der Waals surface area (Å²) < 4.78 is 10.5. The Kier molecular flexibility index (Phi) is 9.60. The van der Waals surface area contributed by atoms with Gasteiger partial charge < -0.3 is 25.4 Å². The molecule has 43 heavy (non-hydrogen) atoms. The number of hydrogen-bond donors (Lipinski definition) is 3. The van der Waals surface area contributed by atoms with Gasteiger partial charge in [-0.2, -0.15) is 0 Å². The maximum atomic E-state index is 13.7. The highest BCUT2D eigenvalue weighted by molar-refractivity contribution is 6.05. The van der Waals surface area contributed by atoms with Crippen LogP contribution in [-0.2, 0) is 36.8 Å². The molecule has 9 nitrogen and oxygen atoms in total. The largest absolute Gasteiger partial charge is 0.497 e. The van der Waals surface area contributed by atoms with Crippen molar-refractivity contribution in [3.05, 3.63) is 70.8 Å². The van der Waals surface area contributed by atoms with Crippen LogP contribution in [0, 0.1) is 5.92 Å². The Hall–Kier alpha value is -3.98. The topological polar surface area (TPSA) is 126 Å². The Balaban J connectivity index is 1.28. The van der Waals surface area contributed by atoms with Crippen molar-refractivity contribution in [2.45, 2.75) is 83.0 Å². The van der Waals surface area contributed by atoms with Gasteiger partial charge >= 0.3 is 0 Å². The molecule has 1 heterocycles. The Bertz CT molecular complexity index is 1390. The van der Waals surface area contributed by atoms with Crippen molar-refractivity contribution < 1.29 is 28.7 Å². The van der Waals surface area contributed by atoms with Gasteiger partial charge in [0.1, 0.15) is 23.9 Å². The van der Waals surface area contributed by atoms with E-state index in [2.05, 4.69) is 16.0 Å². The van der Waals surface area contributed by atoms with Gasteiger partial charge in [0.05, 0.1) is 19.8 Å². The molecular formula is C34H41N3O6. The third-order valence-electron chi connectivity index (χ3n) is 8.84. The number of Topliss-reactive ketones (excluding diaryl/α,β-unsaturated/α-hetero) is 1. The number of nitrogens with one attached hydrogen (secondary N) is 3. The van der Waals surface area contributed by atoms with Crippen LogP contribution in [0.4, 0.5) is 0 Å². The Morgan fingerprint density at radius 2 is 1.60 bits per heavy atom. The number of carbonyl (C=O) groups excluding carboxylic acids is 4. The van der Waals surface area contributed by atoms with Gasteiger partial charge in [0.15, 0.2) is 5.78 Å². The van der Waals surface area contributed by atoms with Gasteiger partial charge in [-0.1, -0.05) is 62.1 Å². The maximum Gasteiger partial charge on any atom is 0.248 e. The second kappa shape index (κ2) is 13.5. The first-order chi connectivity index (χ1) is 20.7. The molecule has 0 spiro atoms. The minimum Gasteiger partial charge on any atom is -0.497 e. The van der Waals surface area contributed by atoms with Crippen LogP contribution in [0.5, 0.6) is 5.75 Å². The number of ether oxygens (including phenoxy) is 2. The molecule has 0 aromatic heterocycles. The summed E-state index contributed by atoms with van der Waals surface area (Å²) >= 11 is 0. The molecule has 1 aliphatic heterocycles. The Morgan fingerprint density at radius 1 is 0.930 bits per heavy atom. The second-order valence-corrected chi connectivity index (χ2v) is 11.9. The highest BCUT2D eigenvalue weighted by Crippen LogP contribution is 2.32. The summed E-state index contributed by atoms with van der Waals surface area (Å²) in [5.74, 6) is -0.298. The minimum atomic E-state index is -0.962. The molecule has 5 rings (SSSR count). The number of rotatable bonds is 13. The lowest BCUT2D eigenvalue weighted by atomic mass is 9.94. The SMILES string of the molecule is COc1ccc(C[C@H](NC(=O)[C@@H](C)NC(=O)C2=C(C)c3ccccc3C2)C(=O)N[C@@H](CC2CCCC2)C(=O)[C@H]2CO2)cc1. The van der Waals surface area contributed by atoms with Crippen LogP contribution in [0.2, 0.25) is 0 Å². The zero-order valence-electron chi connectivity index (χ0n) is 25.1. The zero-order valence-corrected chi connectivity index (χ0v) is 25.1. The molecule has 4 atom stereocenters. The fraction of sp³-hybridized carbons (Fsp3) is 0.471. The quantitative estimate of drug-likeness (QED) is 0.309. The van der Waals surface area contributed by atoms with Gasteiger partial charge in [-0.15, -0.1) is 0 Å². The smallest absolute Gasteiger partial charge is 0.248 e. The molecule has 1 saturated heterocycles. The number of amides is 3. The summed E-state index contributed by atoms with van der Waals surface area (Å²) in [5, 5.41) is 8.61. The van der Waals surface area contributed by atoms with Gasteiger partial charge in [0.25, 0.3) is 0 Å². The van der Waals surface area contributed by atoms with E-state index in [0.717, 1.165) is 47.9 Å². The Labute approximate surface area is 252 Å². The third kappa shape index (κ3) is 7.51. The molecule has 2 fully saturated rings. The summed E-state index contributed by atoms with van der Waals surface area (Å²) in [7, 11) is 1.58. The molecular weight excluding hydrogens is 546 g/mol. The molecule has 0 bridgehead atoms. The van der Waals surface area contributed by atoms with Gasteiger partial charge in [-0.05, 0) is 60.6 Å². The molecule has 228 valence electrons. The van der Waals surface area contributed by atoms with Crippen LogP contribution in [-0.4, -0.2) is 61.5 Å². The van der Waals surface area contributed by atoms with E-state index in [9.17, 15) is 19.2 Å². The van der Waals surface area contributed by atoms with Crippen molar-refractivity contribution in [2.24, 2.45) is 5.92 Å². The van der Waals surface area contributed by atoms with Crippen molar-refractivity contribution in [3.63, 3.8) is 0 Å². The summed E-state index contributed by atoms with van der Waals surface area (Å²) in [6, 6.07) is 12.6. The first kappa shape index (κ1) is 30.5. The van der Waals surface area contributed by atoms with Crippen molar-refractivity contribution in [2.75, 3.05) is 13.7 Å². The summed E-state index contributed by atoms with van der Waals surface area (Å²) in [5.41, 5.74) is 4.46. The van der Waals surface area contributed by atoms with Crippen LogP contribution in [0.1, 0.15) is 62.6 Å². The van der Waals surface area contributed by atoms with Crippen molar-refractivity contribution in [1.82, 2.24) is 16.0 Å². The minimum absolute atomic E-state index is 0.114. The molecule has 2 aromatic rings. The van der Waals surface area contributed by atoms with E-state index in [0.29, 0.717) is 36.7 Å². The lowest BCUT2D eigenvalue weighted by Crippen LogP contribution is -2.56. The fourth-order valence-corrected chi connectivity index (χ4v) is 6.16. The number of epoxide rings is 1. The van der Waals surface area contributed by atoms with Crippen molar-refractivity contribution in [1.29, 1.82) is 0 Å². The van der Waals surface area contributed by atoms with Crippen molar-refractivity contribution >= 4 is 29.1 Å². The van der Waals surface area contributed by atoms with Crippen LogP contribution >= 0.6 is 0 Å². The first-order valence-corrected chi connectivity index (χ1v) is 15.2. The predicted molar refractivity (Wildman–Crippen MR) is 162 cm³/mol. The van der Waals surface area contributed by atoms with E-state index in [-0.39, 0.29) is 18.1 Å². The fourth-order valence-electron chi connectivity index (χ4n) is 6.16. The number of carbonyl (C=O) groups is 4. The number of ketones is 1. The highest BCUT2D eigenvalue weighted by Gasteiger charge is 2.39. The standard InChI is InChI=1S/C34H41N3O6/c1-20-26-11-7-6-10-24(26)18-27(20)33(40)35-21(2)32(39)37-29(17-23-12-14-25(42-3)15-13-23)34(41)36-28(31(38)30-19-43-30)16-22-8-4-5-9-22/h6-7,10-15,21-22,28-30H,4-5,8-9,16-19H2,1-3H3,(H,35,40)(H,36,41)(H,37,39)/t21-,28+,29+,30-/m1/s1. The molecule has 0 unspecified atom stereocenters. The predicted octanol–water partition coefficient (Wildman–Crippen LogP) is 3.29. The lowest BCUT2D eigenvalue weighted by molar-refractivity contribution is -0.133. The average molecular weight is 588 g/mol. The van der Waals surface area contributed by atoms with Crippen LogP contribution in [0.3, 0.4) is 0 Å². The first-order valence-electron chi connectivity index (χ1n) is 15.2. The lowest BCUT2D eigenvalue weighted by Gasteiger charge is -2.25. The monoisotopic (exact) mass is 587 g/mol. The number of benzene rings is 2. The van der Waals surface area contributed by atoms with E-state index in [1.807, 2.05) is 43.3 Å². The molecule has 3 amide bonds. The molecule has 0 radical (unpaired) electrons. The number of fused-ring (bicyclic) bond motifs is 1. The summed E-state index contributed by atoms with van der Waals surface area (Å²) in [4.78, 5) is 53.4. The molecule has 2 aliphatic carbocycles. The van der Waals surface area contributed by atoms with Crippen LogP contribution in [0.15, 0.2) is 54.1 Å². The number of methoxy groups -OCH3 is 1. The van der Waals surface area contributed by atoms with Gasteiger partial charge in [-0.3, -0.25) is 19.2 Å². The number of allylic oxidation sites excluding steroid dienone is 1. The normalized spacial score (nSPS) is 19.7. The average Bonchev–Trinajstić information content (AvgIpc) is 3.63. The molecule has 3 aliphatic rings. The van der Waals surface area contributed by atoms with E-state index < -0.39 is 36.0 Å². The van der Waals surface area contributed by atoms with E-state index in [4.69, 9.17) is 9.47 Å². The molecule has 9 heteroatoms. The van der Waals surface area contributed by atoms with Crippen LogP contribution in [0.25, 0.3) is 5.57 Å². The number of hydrogen-bond acceptors (Lipinski definition) is 6. The van der Waals surface area contributed by atoms with Crippen LogP contribution < -0.4 is 20.7 Å².